The number of methoxy groups -OCH3 is 1. The molecule has 5 nitrogen and oxygen atoms in total. The Morgan fingerprint density at radius 1 is 1.25 bits per heavy atom. The molecule has 0 radical (unpaired) electrons. The lowest BCUT2D eigenvalue weighted by Gasteiger charge is -2.46. The summed E-state index contributed by atoms with van der Waals surface area (Å²) in [6.07, 6.45) is 4.27. The van der Waals surface area contributed by atoms with Gasteiger partial charge in [-0.3, -0.25) is 0 Å². The zero-order chi connectivity index (χ0) is 23.4. The molecular weight excluding hydrogens is 404 g/mol. The SMILES string of the molecule is COCOC(C)(C)C#C[C@H](O)[C@@H](C)[C@H]1CC[C@@H]2[C@@H](OC(=O)c3ccccc3)CCC[C@]12C. The Balaban J connectivity index is 1.68. The molecule has 0 bridgehead atoms. The van der Waals surface area contributed by atoms with Gasteiger partial charge in [-0.25, -0.2) is 4.79 Å². The first kappa shape index (κ1) is 24.8. The first-order valence-electron chi connectivity index (χ1n) is 11.8. The molecule has 1 aromatic rings. The molecule has 0 saturated heterocycles. The largest absolute Gasteiger partial charge is 0.458 e. The van der Waals surface area contributed by atoms with Crippen LogP contribution in [-0.2, 0) is 14.2 Å². The van der Waals surface area contributed by atoms with Crippen LogP contribution in [0.15, 0.2) is 30.3 Å². The number of hydrogen-bond donors (Lipinski definition) is 1. The highest BCUT2D eigenvalue weighted by Gasteiger charge is 2.54. The number of esters is 1. The van der Waals surface area contributed by atoms with Crippen LogP contribution < -0.4 is 0 Å². The van der Waals surface area contributed by atoms with Gasteiger partial charge in [0, 0.05) is 13.0 Å². The van der Waals surface area contributed by atoms with E-state index in [4.69, 9.17) is 14.2 Å². The molecule has 0 amide bonds. The summed E-state index contributed by atoms with van der Waals surface area (Å²) < 4.78 is 16.6. The second-order valence-corrected chi connectivity index (χ2v) is 10.1. The molecule has 176 valence electrons. The summed E-state index contributed by atoms with van der Waals surface area (Å²) in [7, 11) is 1.58. The van der Waals surface area contributed by atoms with E-state index in [0.717, 1.165) is 32.1 Å². The van der Waals surface area contributed by atoms with Crippen molar-refractivity contribution in [1.82, 2.24) is 0 Å². The molecule has 0 unspecified atom stereocenters. The number of carbonyl (C=O) groups excluding carboxylic acids is 1. The number of ether oxygens (including phenoxy) is 3. The highest BCUT2D eigenvalue weighted by Crippen LogP contribution is 2.58. The van der Waals surface area contributed by atoms with Gasteiger partial charge in [-0.1, -0.05) is 43.9 Å². The Kier molecular flexibility index (Phi) is 8.03. The summed E-state index contributed by atoms with van der Waals surface area (Å²) in [5.74, 6) is 6.53. The molecule has 6 atom stereocenters. The van der Waals surface area contributed by atoms with Crippen molar-refractivity contribution in [3.8, 4) is 11.8 Å². The number of aliphatic hydroxyl groups is 1. The van der Waals surface area contributed by atoms with E-state index < -0.39 is 11.7 Å². The number of carbonyl (C=O) groups is 1. The second kappa shape index (κ2) is 10.4. The fourth-order valence-corrected chi connectivity index (χ4v) is 5.79. The monoisotopic (exact) mass is 442 g/mol. The van der Waals surface area contributed by atoms with E-state index >= 15 is 0 Å². The fraction of sp³-hybridized carbons (Fsp3) is 0.667. The van der Waals surface area contributed by atoms with Gasteiger partial charge in [0.25, 0.3) is 0 Å². The van der Waals surface area contributed by atoms with Gasteiger partial charge in [-0.2, -0.15) is 0 Å². The summed E-state index contributed by atoms with van der Waals surface area (Å²) >= 11 is 0. The molecule has 2 aliphatic rings. The van der Waals surface area contributed by atoms with Crippen LogP contribution in [0.2, 0.25) is 0 Å². The third kappa shape index (κ3) is 5.54. The van der Waals surface area contributed by atoms with Crippen LogP contribution in [0, 0.1) is 35.0 Å². The van der Waals surface area contributed by atoms with Crippen molar-refractivity contribution in [2.45, 2.75) is 77.6 Å². The zero-order valence-corrected chi connectivity index (χ0v) is 20.1. The van der Waals surface area contributed by atoms with Gasteiger partial charge in [-0.05, 0) is 75.3 Å². The lowest BCUT2D eigenvalue weighted by Crippen LogP contribution is -2.44. The number of benzene rings is 1. The molecule has 0 spiro atoms. The Morgan fingerprint density at radius 3 is 2.66 bits per heavy atom. The minimum absolute atomic E-state index is 0.0271. The van der Waals surface area contributed by atoms with E-state index in [1.54, 1.807) is 19.2 Å². The molecule has 0 heterocycles. The first-order chi connectivity index (χ1) is 15.2. The molecule has 1 N–H and O–H groups in total. The molecule has 5 heteroatoms. The van der Waals surface area contributed by atoms with Crippen LogP contribution in [0.1, 0.15) is 70.2 Å². The normalized spacial score (nSPS) is 29.4. The highest BCUT2D eigenvalue weighted by molar-refractivity contribution is 5.89. The van der Waals surface area contributed by atoms with Crippen molar-refractivity contribution in [1.29, 1.82) is 0 Å². The van der Waals surface area contributed by atoms with Crippen molar-refractivity contribution in [3.05, 3.63) is 35.9 Å². The van der Waals surface area contributed by atoms with Gasteiger partial charge in [0.05, 0.1) is 5.56 Å². The van der Waals surface area contributed by atoms with Gasteiger partial charge >= 0.3 is 5.97 Å². The van der Waals surface area contributed by atoms with Gasteiger partial charge in [0.15, 0.2) is 0 Å². The minimum atomic E-state index is -0.728. The summed E-state index contributed by atoms with van der Waals surface area (Å²) in [6, 6.07) is 9.22. The lowest BCUT2D eigenvalue weighted by atomic mass is 9.61. The average molecular weight is 443 g/mol. The third-order valence-corrected chi connectivity index (χ3v) is 7.59. The molecular formula is C27H38O5. The quantitative estimate of drug-likeness (QED) is 0.372. The van der Waals surface area contributed by atoms with Crippen molar-refractivity contribution < 1.29 is 24.1 Å². The topological polar surface area (TPSA) is 65.0 Å². The van der Waals surface area contributed by atoms with Crippen molar-refractivity contribution in [2.24, 2.45) is 23.2 Å². The summed E-state index contributed by atoms with van der Waals surface area (Å²) in [5.41, 5.74) is -0.0450. The molecule has 32 heavy (non-hydrogen) atoms. The van der Waals surface area contributed by atoms with Crippen molar-refractivity contribution in [3.63, 3.8) is 0 Å². The first-order valence-corrected chi connectivity index (χ1v) is 11.8. The Morgan fingerprint density at radius 2 is 1.97 bits per heavy atom. The molecule has 0 aliphatic heterocycles. The Bertz CT molecular complexity index is 823. The predicted molar refractivity (Wildman–Crippen MR) is 124 cm³/mol. The van der Waals surface area contributed by atoms with E-state index in [9.17, 15) is 9.90 Å². The van der Waals surface area contributed by atoms with Crippen LogP contribution >= 0.6 is 0 Å². The van der Waals surface area contributed by atoms with Crippen LogP contribution in [0.4, 0.5) is 0 Å². The van der Waals surface area contributed by atoms with Gasteiger partial charge < -0.3 is 19.3 Å². The van der Waals surface area contributed by atoms with Crippen LogP contribution in [0.3, 0.4) is 0 Å². The van der Waals surface area contributed by atoms with E-state index in [1.807, 2.05) is 32.0 Å². The van der Waals surface area contributed by atoms with E-state index in [-0.39, 0.29) is 30.2 Å². The fourth-order valence-electron chi connectivity index (χ4n) is 5.79. The molecule has 1 aromatic carbocycles. The van der Waals surface area contributed by atoms with E-state index in [1.165, 1.54) is 0 Å². The molecule has 3 rings (SSSR count). The average Bonchev–Trinajstić information content (AvgIpc) is 3.14. The van der Waals surface area contributed by atoms with Crippen molar-refractivity contribution in [2.75, 3.05) is 13.9 Å². The number of aliphatic hydroxyl groups excluding tert-OH is 1. The third-order valence-electron chi connectivity index (χ3n) is 7.59. The maximum Gasteiger partial charge on any atom is 0.338 e. The maximum absolute atomic E-state index is 12.7. The van der Waals surface area contributed by atoms with Crippen LogP contribution in [0.5, 0.6) is 0 Å². The van der Waals surface area contributed by atoms with Gasteiger partial charge in [0.2, 0.25) is 0 Å². The number of fused-ring (bicyclic) bond motifs is 1. The molecule has 2 fully saturated rings. The summed E-state index contributed by atoms with van der Waals surface area (Å²) in [4.78, 5) is 12.7. The summed E-state index contributed by atoms with van der Waals surface area (Å²) in [6.45, 7) is 8.32. The predicted octanol–water partition coefficient (Wildman–Crippen LogP) is 4.83. The van der Waals surface area contributed by atoms with E-state index in [0.29, 0.717) is 17.4 Å². The second-order valence-electron chi connectivity index (χ2n) is 10.1. The van der Waals surface area contributed by atoms with Gasteiger partial charge in [-0.15, -0.1) is 0 Å². The van der Waals surface area contributed by atoms with Gasteiger partial charge in [0.1, 0.15) is 24.6 Å². The zero-order valence-electron chi connectivity index (χ0n) is 20.1. The molecule has 0 aromatic heterocycles. The maximum atomic E-state index is 12.7. The number of hydrogen-bond acceptors (Lipinski definition) is 5. The smallest absolute Gasteiger partial charge is 0.338 e. The van der Waals surface area contributed by atoms with Crippen molar-refractivity contribution >= 4 is 5.97 Å². The minimum Gasteiger partial charge on any atom is -0.458 e. The standard InChI is InChI=1S/C27H38O5/c1-19(23(28)15-17-26(2,3)31-18-30-5)21-13-14-22-24(12-9-16-27(21,22)4)32-25(29)20-10-7-6-8-11-20/h6-8,10-11,19,21-24,28H,9,12-14,16,18H2,1-5H3/t19-,21+,22+,23-,24-,27+/m0/s1. The van der Waals surface area contributed by atoms with Crippen LogP contribution in [0.25, 0.3) is 0 Å². The summed E-state index contributed by atoms with van der Waals surface area (Å²) in [5, 5.41) is 10.9. The van der Waals surface area contributed by atoms with E-state index in [2.05, 4.69) is 25.7 Å². The van der Waals surface area contributed by atoms with Crippen LogP contribution in [-0.4, -0.2) is 42.8 Å². The highest BCUT2D eigenvalue weighted by atomic mass is 16.7. The Labute approximate surface area is 192 Å². The number of rotatable bonds is 7. The lowest BCUT2D eigenvalue weighted by molar-refractivity contribution is -0.0879. The molecule has 2 aliphatic carbocycles. The Hall–Kier alpha value is -1.87. The molecule has 2 saturated carbocycles.